The van der Waals surface area contributed by atoms with Crippen LogP contribution in [0, 0.1) is 5.92 Å². The lowest BCUT2D eigenvalue weighted by atomic mass is 9.95. The molecular weight excluding hydrogens is 288 g/mol. The lowest BCUT2D eigenvalue weighted by Crippen LogP contribution is -2.39. The van der Waals surface area contributed by atoms with Gasteiger partial charge in [-0.3, -0.25) is 9.83 Å². The molecule has 0 saturated carbocycles. The minimum absolute atomic E-state index is 0. The fourth-order valence-electron chi connectivity index (χ4n) is 2.87. The van der Waals surface area contributed by atoms with Crippen molar-refractivity contribution >= 4 is 18.6 Å². The van der Waals surface area contributed by atoms with E-state index in [1.165, 1.54) is 11.4 Å². The van der Waals surface area contributed by atoms with Crippen molar-refractivity contribution in [1.82, 2.24) is 14.9 Å². The van der Waals surface area contributed by atoms with E-state index in [2.05, 4.69) is 36.8 Å². The van der Waals surface area contributed by atoms with Gasteiger partial charge in [0.15, 0.2) is 0 Å². The highest BCUT2D eigenvalue weighted by Crippen LogP contribution is 2.38. The van der Waals surface area contributed by atoms with Crippen LogP contribution in [0.5, 0.6) is 0 Å². The summed E-state index contributed by atoms with van der Waals surface area (Å²) in [7, 11) is 1.69. The quantitative estimate of drug-likeness (QED) is 0.802. The van der Waals surface area contributed by atoms with Crippen LogP contribution in [0.1, 0.15) is 27.2 Å². The molecule has 3 aliphatic rings. The molecule has 3 heterocycles. The van der Waals surface area contributed by atoms with E-state index < -0.39 is 0 Å². The standard InChI is InChI=1S/C15H22N4O.ClH/c1-5-6-17-8-11(2)12(3)14-15(17)19-10-18(20-4)9-13(19)7-16-14;/h7-9,12H,5-6,10H2,1-4H3;1H. The van der Waals surface area contributed by atoms with Crippen LogP contribution in [0.2, 0.25) is 0 Å². The van der Waals surface area contributed by atoms with E-state index in [-0.39, 0.29) is 12.4 Å². The Hall–Kier alpha value is -1.46. The van der Waals surface area contributed by atoms with Crippen LogP contribution in [0.15, 0.2) is 40.2 Å². The summed E-state index contributed by atoms with van der Waals surface area (Å²) < 4.78 is 0. The van der Waals surface area contributed by atoms with Crippen molar-refractivity contribution in [2.75, 3.05) is 20.3 Å². The Kier molecular flexibility index (Phi) is 4.64. The number of halogens is 1. The third-order valence-electron chi connectivity index (χ3n) is 4.11. The molecule has 0 aromatic carbocycles. The van der Waals surface area contributed by atoms with Gasteiger partial charge in [0, 0.05) is 18.7 Å². The van der Waals surface area contributed by atoms with E-state index in [0.29, 0.717) is 5.92 Å². The average Bonchev–Trinajstić information content (AvgIpc) is 2.87. The lowest BCUT2D eigenvalue weighted by molar-refractivity contribution is -0.0968. The molecule has 1 unspecified atom stereocenters. The van der Waals surface area contributed by atoms with Gasteiger partial charge in [-0.05, 0) is 18.9 Å². The molecule has 0 spiro atoms. The van der Waals surface area contributed by atoms with Crippen molar-refractivity contribution in [3.8, 4) is 0 Å². The van der Waals surface area contributed by atoms with Gasteiger partial charge in [-0.25, -0.2) is 5.06 Å². The van der Waals surface area contributed by atoms with Gasteiger partial charge in [-0.15, -0.1) is 12.4 Å². The van der Waals surface area contributed by atoms with Crippen LogP contribution in [0.4, 0.5) is 0 Å². The van der Waals surface area contributed by atoms with Crippen molar-refractivity contribution in [1.29, 1.82) is 0 Å². The number of aliphatic imine (C=N–C) groups is 1. The molecule has 5 nitrogen and oxygen atoms in total. The zero-order chi connectivity index (χ0) is 14.3. The Labute approximate surface area is 132 Å². The third kappa shape index (κ3) is 2.56. The van der Waals surface area contributed by atoms with E-state index in [0.717, 1.165) is 31.0 Å². The molecule has 21 heavy (non-hydrogen) atoms. The Balaban J connectivity index is 0.00000161. The first-order valence-corrected chi connectivity index (χ1v) is 7.19. The molecular formula is C15H23ClN4O. The molecule has 0 aromatic heterocycles. The van der Waals surface area contributed by atoms with Gasteiger partial charge < -0.3 is 9.80 Å². The first-order chi connectivity index (χ1) is 9.65. The van der Waals surface area contributed by atoms with E-state index in [1.807, 2.05) is 17.5 Å². The second-order valence-corrected chi connectivity index (χ2v) is 5.48. The van der Waals surface area contributed by atoms with Crippen LogP contribution >= 0.6 is 12.4 Å². The van der Waals surface area contributed by atoms with Crippen LogP contribution < -0.4 is 0 Å². The summed E-state index contributed by atoms with van der Waals surface area (Å²) in [5.41, 5.74) is 3.62. The smallest absolute Gasteiger partial charge is 0.137 e. The highest BCUT2D eigenvalue weighted by molar-refractivity contribution is 5.85. The largest absolute Gasteiger partial charge is 0.333 e. The first-order valence-electron chi connectivity index (χ1n) is 7.19. The predicted octanol–water partition coefficient (Wildman–Crippen LogP) is 2.91. The fraction of sp³-hybridized carbons (Fsp3) is 0.533. The maximum atomic E-state index is 5.32. The van der Waals surface area contributed by atoms with E-state index >= 15 is 0 Å². The number of hydroxylamine groups is 2. The fourth-order valence-corrected chi connectivity index (χ4v) is 2.87. The van der Waals surface area contributed by atoms with Crippen molar-refractivity contribution < 1.29 is 4.84 Å². The summed E-state index contributed by atoms with van der Waals surface area (Å²) in [5.74, 6) is 1.57. The molecule has 1 atom stereocenters. The van der Waals surface area contributed by atoms with Gasteiger partial charge in [0.05, 0.1) is 30.9 Å². The minimum atomic E-state index is 0. The van der Waals surface area contributed by atoms with E-state index in [4.69, 9.17) is 9.83 Å². The van der Waals surface area contributed by atoms with Gasteiger partial charge in [0.25, 0.3) is 0 Å². The lowest BCUT2D eigenvalue weighted by Gasteiger charge is -2.40. The number of fused-ring (bicyclic) bond motifs is 2. The van der Waals surface area contributed by atoms with Crippen molar-refractivity contribution in [3.05, 3.63) is 35.2 Å². The SMILES string of the molecule is CCCN1C=C(C)C(C)C2=C1N1CN(OC)C=C1C=N2.Cl. The van der Waals surface area contributed by atoms with E-state index in [9.17, 15) is 0 Å². The van der Waals surface area contributed by atoms with Crippen LogP contribution in [-0.2, 0) is 4.84 Å². The van der Waals surface area contributed by atoms with Gasteiger partial charge in [0.1, 0.15) is 12.5 Å². The van der Waals surface area contributed by atoms with Crippen molar-refractivity contribution in [2.45, 2.75) is 27.2 Å². The molecule has 0 radical (unpaired) electrons. The van der Waals surface area contributed by atoms with Crippen molar-refractivity contribution in [3.63, 3.8) is 0 Å². The average molecular weight is 311 g/mol. The molecule has 3 rings (SSSR count). The normalized spacial score (nSPS) is 23.6. The summed E-state index contributed by atoms with van der Waals surface area (Å²) in [6.45, 7) is 8.34. The second-order valence-electron chi connectivity index (χ2n) is 5.48. The Morgan fingerprint density at radius 1 is 1.38 bits per heavy atom. The monoisotopic (exact) mass is 310 g/mol. The summed E-state index contributed by atoms with van der Waals surface area (Å²) in [5, 5.41) is 1.83. The second kappa shape index (κ2) is 6.12. The Bertz CT molecular complexity index is 538. The van der Waals surface area contributed by atoms with E-state index in [1.54, 1.807) is 7.11 Å². The maximum absolute atomic E-state index is 5.32. The van der Waals surface area contributed by atoms with Gasteiger partial charge in [-0.2, -0.15) is 0 Å². The summed E-state index contributed by atoms with van der Waals surface area (Å²) in [6, 6.07) is 0. The number of hydrogen-bond donors (Lipinski definition) is 0. The molecule has 0 fully saturated rings. The highest BCUT2D eigenvalue weighted by atomic mass is 35.5. The molecule has 0 N–H and O–H groups in total. The maximum Gasteiger partial charge on any atom is 0.137 e. The zero-order valence-corrected chi connectivity index (χ0v) is 13.9. The molecule has 0 amide bonds. The van der Waals surface area contributed by atoms with Crippen LogP contribution in [-0.4, -0.2) is 41.4 Å². The summed E-state index contributed by atoms with van der Waals surface area (Å²) in [4.78, 5) is 14.6. The number of nitrogens with zero attached hydrogens (tertiary/aromatic N) is 4. The van der Waals surface area contributed by atoms with Crippen LogP contribution in [0.3, 0.4) is 0 Å². The Morgan fingerprint density at radius 3 is 2.81 bits per heavy atom. The molecule has 3 aliphatic heterocycles. The third-order valence-corrected chi connectivity index (χ3v) is 4.11. The number of hydrogen-bond acceptors (Lipinski definition) is 5. The predicted molar refractivity (Wildman–Crippen MR) is 86.3 cm³/mol. The Morgan fingerprint density at radius 2 is 2.14 bits per heavy atom. The molecule has 116 valence electrons. The molecule has 0 bridgehead atoms. The first kappa shape index (κ1) is 15.9. The van der Waals surface area contributed by atoms with Gasteiger partial charge >= 0.3 is 0 Å². The minimum Gasteiger partial charge on any atom is -0.333 e. The summed E-state index contributed by atoms with van der Waals surface area (Å²) >= 11 is 0. The molecule has 0 saturated heterocycles. The molecule has 6 heteroatoms. The number of rotatable bonds is 3. The van der Waals surface area contributed by atoms with Gasteiger partial charge in [-0.1, -0.05) is 13.8 Å². The number of allylic oxidation sites excluding steroid dienone is 2. The van der Waals surface area contributed by atoms with Gasteiger partial charge in [0.2, 0.25) is 0 Å². The molecule has 0 aromatic rings. The highest BCUT2D eigenvalue weighted by Gasteiger charge is 2.35. The topological polar surface area (TPSA) is 31.3 Å². The molecule has 0 aliphatic carbocycles. The van der Waals surface area contributed by atoms with Crippen LogP contribution in [0.25, 0.3) is 0 Å². The van der Waals surface area contributed by atoms with Crippen molar-refractivity contribution in [2.24, 2.45) is 10.9 Å². The zero-order valence-electron chi connectivity index (χ0n) is 13.0. The summed E-state index contributed by atoms with van der Waals surface area (Å²) in [6.07, 6.45) is 7.31.